The number of para-hydroxylation sites is 1. The van der Waals surface area contributed by atoms with Crippen molar-refractivity contribution >= 4 is 16.8 Å². The second-order valence-electron chi connectivity index (χ2n) is 5.91. The summed E-state index contributed by atoms with van der Waals surface area (Å²) in [5.41, 5.74) is 2.26. The van der Waals surface area contributed by atoms with E-state index in [0.717, 1.165) is 11.9 Å². The summed E-state index contributed by atoms with van der Waals surface area (Å²) in [7, 11) is 1.60. The van der Waals surface area contributed by atoms with Crippen molar-refractivity contribution in [3.63, 3.8) is 0 Å². The van der Waals surface area contributed by atoms with Gasteiger partial charge in [-0.1, -0.05) is 18.2 Å². The third kappa shape index (κ3) is 3.86. The number of hydrogen-bond acceptors (Lipinski definition) is 4. The summed E-state index contributed by atoms with van der Waals surface area (Å²) < 4.78 is 10.5. The molecule has 3 rings (SSSR count). The van der Waals surface area contributed by atoms with Gasteiger partial charge in [-0.05, 0) is 24.1 Å². The van der Waals surface area contributed by atoms with Crippen LogP contribution in [0.2, 0.25) is 0 Å². The zero-order valence-electron chi connectivity index (χ0n) is 13.3. The van der Waals surface area contributed by atoms with Gasteiger partial charge in [0, 0.05) is 31.0 Å². The molecule has 1 aromatic heterocycles. The Balaban J connectivity index is 1.69. The van der Waals surface area contributed by atoms with E-state index in [-0.39, 0.29) is 17.9 Å². The van der Waals surface area contributed by atoms with Crippen LogP contribution in [0, 0.1) is 5.92 Å². The van der Waals surface area contributed by atoms with Crippen LogP contribution in [-0.2, 0) is 20.7 Å². The minimum absolute atomic E-state index is 0.0203. The summed E-state index contributed by atoms with van der Waals surface area (Å²) in [4.78, 5) is 16.3. The monoisotopic (exact) mass is 314 g/mol. The lowest BCUT2D eigenvalue weighted by atomic mass is 9.93. The summed E-state index contributed by atoms with van der Waals surface area (Å²) in [5.74, 6) is 0.305. The van der Waals surface area contributed by atoms with Crippen LogP contribution < -0.4 is 5.32 Å². The van der Waals surface area contributed by atoms with Gasteiger partial charge in [-0.15, -0.1) is 0 Å². The number of hydrogen-bond donors (Lipinski definition) is 1. The highest BCUT2D eigenvalue weighted by Crippen LogP contribution is 2.24. The molecule has 0 bridgehead atoms. The van der Waals surface area contributed by atoms with Gasteiger partial charge in [0.05, 0.1) is 31.4 Å². The van der Waals surface area contributed by atoms with E-state index in [1.807, 2.05) is 24.4 Å². The van der Waals surface area contributed by atoms with Gasteiger partial charge in [0.15, 0.2) is 0 Å². The number of benzene rings is 1. The molecule has 122 valence electrons. The summed E-state index contributed by atoms with van der Waals surface area (Å²) in [6, 6.07) is 10.3. The number of aromatic nitrogens is 1. The first-order chi connectivity index (χ1) is 11.3. The molecule has 0 spiro atoms. The topological polar surface area (TPSA) is 60.5 Å². The largest absolute Gasteiger partial charge is 0.384 e. The Kier molecular flexibility index (Phi) is 5.20. The van der Waals surface area contributed by atoms with Gasteiger partial charge in [0.2, 0.25) is 5.91 Å². The molecule has 0 saturated carbocycles. The predicted molar refractivity (Wildman–Crippen MR) is 88.2 cm³/mol. The van der Waals surface area contributed by atoms with Crippen molar-refractivity contribution in [3.8, 4) is 0 Å². The van der Waals surface area contributed by atoms with Crippen LogP contribution in [0.5, 0.6) is 0 Å². The number of carbonyl (C=O) groups is 1. The maximum Gasteiger partial charge on any atom is 0.222 e. The van der Waals surface area contributed by atoms with Gasteiger partial charge in [-0.2, -0.15) is 0 Å². The smallest absolute Gasteiger partial charge is 0.222 e. The quantitative estimate of drug-likeness (QED) is 0.885. The molecule has 2 unspecified atom stereocenters. The normalized spacial score (nSPS) is 20.7. The lowest BCUT2D eigenvalue weighted by Gasteiger charge is -2.19. The van der Waals surface area contributed by atoms with E-state index in [9.17, 15) is 4.79 Å². The van der Waals surface area contributed by atoms with Gasteiger partial charge in [0.25, 0.3) is 0 Å². The third-order valence-corrected chi connectivity index (χ3v) is 4.30. The SMILES string of the molecule is COCCC(=O)NC1COCC1Cc1ccnc2ccccc12. The number of fused-ring (bicyclic) bond motifs is 1. The van der Waals surface area contributed by atoms with Crippen LogP contribution in [0.1, 0.15) is 12.0 Å². The molecular formula is C18H22N2O3. The number of nitrogens with one attached hydrogen (secondary N) is 1. The molecule has 1 aromatic carbocycles. The number of carbonyl (C=O) groups excluding carboxylic acids is 1. The fourth-order valence-electron chi connectivity index (χ4n) is 3.05. The Hall–Kier alpha value is -1.98. The van der Waals surface area contributed by atoms with Crippen molar-refractivity contribution in [2.75, 3.05) is 26.9 Å². The van der Waals surface area contributed by atoms with E-state index in [4.69, 9.17) is 9.47 Å². The zero-order valence-corrected chi connectivity index (χ0v) is 13.3. The highest BCUT2D eigenvalue weighted by Gasteiger charge is 2.29. The van der Waals surface area contributed by atoms with Crippen molar-refractivity contribution in [2.24, 2.45) is 5.92 Å². The van der Waals surface area contributed by atoms with Crippen LogP contribution >= 0.6 is 0 Å². The highest BCUT2D eigenvalue weighted by atomic mass is 16.5. The van der Waals surface area contributed by atoms with Crippen molar-refractivity contribution < 1.29 is 14.3 Å². The second kappa shape index (κ2) is 7.53. The maximum absolute atomic E-state index is 11.9. The Morgan fingerprint density at radius 2 is 2.22 bits per heavy atom. The molecule has 2 atom stereocenters. The first-order valence-corrected chi connectivity index (χ1v) is 7.96. The fourth-order valence-corrected chi connectivity index (χ4v) is 3.05. The molecule has 1 saturated heterocycles. The molecular weight excluding hydrogens is 292 g/mol. The van der Waals surface area contributed by atoms with Crippen LogP contribution in [0.15, 0.2) is 36.5 Å². The molecule has 1 amide bonds. The number of rotatable bonds is 6. The molecule has 2 heterocycles. The molecule has 0 radical (unpaired) electrons. The van der Waals surface area contributed by atoms with E-state index in [1.54, 1.807) is 7.11 Å². The average molecular weight is 314 g/mol. The Morgan fingerprint density at radius 1 is 1.35 bits per heavy atom. The molecule has 1 fully saturated rings. The van der Waals surface area contributed by atoms with Gasteiger partial charge in [-0.3, -0.25) is 9.78 Å². The Labute approximate surface area is 136 Å². The lowest BCUT2D eigenvalue weighted by Crippen LogP contribution is -2.40. The first-order valence-electron chi connectivity index (χ1n) is 7.96. The number of amides is 1. The first kappa shape index (κ1) is 15.9. The molecule has 5 nitrogen and oxygen atoms in total. The van der Waals surface area contributed by atoms with E-state index in [2.05, 4.69) is 22.4 Å². The molecule has 1 N–H and O–H groups in total. The predicted octanol–water partition coefficient (Wildman–Crippen LogP) is 1.94. The fraction of sp³-hybridized carbons (Fsp3) is 0.444. The van der Waals surface area contributed by atoms with Crippen LogP contribution in [0.3, 0.4) is 0 Å². The molecule has 1 aliphatic heterocycles. The van der Waals surface area contributed by atoms with Crippen LogP contribution in [0.25, 0.3) is 10.9 Å². The molecule has 2 aromatic rings. The van der Waals surface area contributed by atoms with Crippen molar-refractivity contribution in [2.45, 2.75) is 18.9 Å². The van der Waals surface area contributed by atoms with E-state index in [0.29, 0.717) is 26.2 Å². The maximum atomic E-state index is 11.9. The van der Waals surface area contributed by atoms with Crippen molar-refractivity contribution in [3.05, 3.63) is 42.1 Å². The summed E-state index contributed by atoms with van der Waals surface area (Å²) >= 11 is 0. The number of methoxy groups -OCH3 is 1. The van der Waals surface area contributed by atoms with Gasteiger partial charge >= 0.3 is 0 Å². The third-order valence-electron chi connectivity index (χ3n) is 4.30. The molecule has 0 aliphatic carbocycles. The lowest BCUT2D eigenvalue weighted by molar-refractivity contribution is -0.122. The van der Waals surface area contributed by atoms with Crippen LogP contribution in [-0.4, -0.2) is 43.9 Å². The van der Waals surface area contributed by atoms with Crippen molar-refractivity contribution in [1.82, 2.24) is 10.3 Å². The summed E-state index contributed by atoms with van der Waals surface area (Å²) in [6.45, 7) is 1.69. The number of nitrogens with zero attached hydrogens (tertiary/aromatic N) is 1. The Morgan fingerprint density at radius 3 is 3.09 bits per heavy atom. The van der Waals surface area contributed by atoms with Gasteiger partial charge in [-0.25, -0.2) is 0 Å². The summed E-state index contributed by atoms with van der Waals surface area (Å²) in [6.07, 6.45) is 3.11. The van der Waals surface area contributed by atoms with Crippen molar-refractivity contribution in [1.29, 1.82) is 0 Å². The zero-order chi connectivity index (χ0) is 16.1. The minimum atomic E-state index is 0.0203. The number of ether oxygens (including phenoxy) is 2. The number of pyridine rings is 1. The molecule has 23 heavy (non-hydrogen) atoms. The van der Waals surface area contributed by atoms with Gasteiger partial charge in [0.1, 0.15) is 0 Å². The minimum Gasteiger partial charge on any atom is -0.384 e. The van der Waals surface area contributed by atoms with E-state index in [1.165, 1.54) is 10.9 Å². The Bertz CT molecular complexity index is 669. The van der Waals surface area contributed by atoms with E-state index < -0.39 is 0 Å². The van der Waals surface area contributed by atoms with Crippen LogP contribution in [0.4, 0.5) is 0 Å². The second-order valence-corrected chi connectivity index (χ2v) is 5.91. The average Bonchev–Trinajstić information content (AvgIpc) is 3.00. The molecule has 1 aliphatic rings. The molecule has 5 heteroatoms. The standard InChI is InChI=1S/C18H22N2O3/c1-22-9-7-18(21)20-17-12-23-11-14(17)10-13-6-8-19-16-5-3-2-4-15(13)16/h2-6,8,14,17H,7,9-12H2,1H3,(H,20,21). The van der Waals surface area contributed by atoms with Gasteiger partial charge < -0.3 is 14.8 Å². The summed E-state index contributed by atoms with van der Waals surface area (Å²) in [5, 5.41) is 4.25. The van der Waals surface area contributed by atoms with E-state index >= 15 is 0 Å². The highest BCUT2D eigenvalue weighted by molar-refractivity contribution is 5.81.